The van der Waals surface area contributed by atoms with Gasteiger partial charge in [-0.15, -0.1) is 0 Å². The molecule has 1 N–H and O–H groups in total. The summed E-state index contributed by atoms with van der Waals surface area (Å²) >= 11 is 0. The summed E-state index contributed by atoms with van der Waals surface area (Å²) in [7, 11) is 0. The number of aliphatic hydroxyl groups excluding tert-OH is 1. The van der Waals surface area contributed by atoms with Crippen LogP contribution < -0.4 is 4.90 Å². The molecule has 0 spiro atoms. The minimum absolute atomic E-state index is 0.0748. The number of aryl methyl sites for hydroxylation is 2. The fourth-order valence-electron chi connectivity index (χ4n) is 2.90. The SMILES string of the molecule is Cc1cc(C)c(CO)c(N2CCCC(C)(C)C2)n1. The van der Waals surface area contributed by atoms with Crippen LogP contribution in [0.15, 0.2) is 6.07 Å². The lowest BCUT2D eigenvalue weighted by Crippen LogP contribution is -2.41. The lowest BCUT2D eigenvalue weighted by molar-refractivity contribution is 0.274. The second-order valence-electron chi connectivity index (χ2n) is 6.23. The minimum Gasteiger partial charge on any atom is -0.392 e. The Morgan fingerprint density at radius 2 is 2.11 bits per heavy atom. The largest absolute Gasteiger partial charge is 0.392 e. The Morgan fingerprint density at radius 3 is 2.72 bits per heavy atom. The van der Waals surface area contributed by atoms with Gasteiger partial charge in [0.05, 0.1) is 6.61 Å². The Hall–Kier alpha value is -1.09. The quantitative estimate of drug-likeness (QED) is 0.874. The maximum absolute atomic E-state index is 9.58. The topological polar surface area (TPSA) is 36.4 Å². The Kier molecular flexibility index (Phi) is 3.62. The third-order valence-corrected chi connectivity index (χ3v) is 3.81. The molecule has 100 valence electrons. The van der Waals surface area contributed by atoms with Gasteiger partial charge in [0.25, 0.3) is 0 Å². The van der Waals surface area contributed by atoms with Gasteiger partial charge in [-0.2, -0.15) is 0 Å². The summed E-state index contributed by atoms with van der Waals surface area (Å²) in [6, 6.07) is 2.05. The Bertz CT molecular complexity index is 440. The van der Waals surface area contributed by atoms with Gasteiger partial charge in [0.2, 0.25) is 0 Å². The van der Waals surface area contributed by atoms with Gasteiger partial charge in [-0.3, -0.25) is 0 Å². The van der Waals surface area contributed by atoms with Gasteiger partial charge in [0.1, 0.15) is 5.82 Å². The smallest absolute Gasteiger partial charge is 0.134 e. The first-order valence-electron chi connectivity index (χ1n) is 6.76. The molecule has 1 aliphatic rings. The van der Waals surface area contributed by atoms with Crippen molar-refractivity contribution in [3.8, 4) is 0 Å². The molecule has 0 aliphatic carbocycles. The molecule has 0 aromatic carbocycles. The predicted octanol–water partition coefficient (Wildman–Crippen LogP) is 2.82. The first-order chi connectivity index (χ1) is 8.43. The van der Waals surface area contributed by atoms with Gasteiger partial charge in [0.15, 0.2) is 0 Å². The molecule has 0 unspecified atom stereocenters. The van der Waals surface area contributed by atoms with Crippen LogP contribution in [-0.2, 0) is 6.61 Å². The number of anilines is 1. The van der Waals surface area contributed by atoms with Gasteiger partial charge in [-0.25, -0.2) is 4.98 Å². The monoisotopic (exact) mass is 248 g/mol. The number of aromatic nitrogens is 1. The summed E-state index contributed by atoms with van der Waals surface area (Å²) in [6.07, 6.45) is 2.47. The molecule has 1 aromatic rings. The summed E-state index contributed by atoms with van der Waals surface area (Å²) in [6.45, 7) is 10.8. The molecule has 3 heteroatoms. The van der Waals surface area contributed by atoms with Crippen molar-refractivity contribution in [3.05, 3.63) is 22.9 Å². The lowest BCUT2D eigenvalue weighted by atomic mass is 9.84. The minimum atomic E-state index is 0.0748. The van der Waals surface area contributed by atoms with E-state index >= 15 is 0 Å². The summed E-state index contributed by atoms with van der Waals surface area (Å²) in [5.41, 5.74) is 3.49. The van der Waals surface area contributed by atoms with Crippen molar-refractivity contribution < 1.29 is 5.11 Å². The second kappa shape index (κ2) is 4.88. The van der Waals surface area contributed by atoms with Crippen LogP contribution in [-0.4, -0.2) is 23.2 Å². The highest BCUT2D eigenvalue weighted by Gasteiger charge is 2.28. The maximum Gasteiger partial charge on any atom is 0.134 e. The molecule has 1 fully saturated rings. The Balaban J connectivity index is 2.37. The molecule has 1 aliphatic heterocycles. The van der Waals surface area contributed by atoms with Gasteiger partial charge in [-0.05, 0) is 43.7 Å². The number of aliphatic hydroxyl groups is 1. The summed E-state index contributed by atoms with van der Waals surface area (Å²) in [5.74, 6) is 0.989. The van der Waals surface area contributed by atoms with Crippen LogP contribution in [0.3, 0.4) is 0 Å². The number of piperidine rings is 1. The number of hydrogen-bond acceptors (Lipinski definition) is 3. The van der Waals surface area contributed by atoms with Crippen LogP contribution in [0.5, 0.6) is 0 Å². The molecule has 0 radical (unpaired) electrons. The van der Waals surface area contributed by atoms with E-state index < -0.39 is 0 Å². The summed E-state index contributed by atoms with van der Waals surface area (Å²) in [4.78, 5) is 7.00. The van der Waals surface area contributed by atoms with Gasteiger partial charge < -0.3 is 10.0 Å². The molecule has 2 heterocycles. The van der Waals surface area contributed by atoms with Crippen molar-refractivity contribution in [2.24, 2.45) is 5.41 Å². The van der Waals surface area contributed by atoms with E-state index in [-0.39, 0.29) is 6.61 Å². The highest BCUT2D eigenvalue weighted by atomic mass is 16.3. The molecule has 0 bridgehead atoms. The first kappa shape index (κ1) is 13.3. The maximum atomic E-state index is 9.58. The number of hydrogen-bond donors (Lipinski definition) is 1. The summed E-state index contributed by atoms with van der Waals surface area (Å²) in [5, 5.41) is 9.58. The van der Waals surface area contributed by atoms with E-state index in [0.29, 0.717) is 5.41 Å². The van der Waals surface area contributed by atoms with Gasteiger partial charge in [-0.1, -0.05) is 13.8 Å². The lowest BCUT2D eigenvalue weighted by Gasteiger charge is -2.39. The Morgan fingerprint density at radius 1 is 1.39 bits per heavy atom. The van der Waals surface area contributed by atoms with Crippen LogP contribution in [0.4, 0.5) is 5.82 Å². The average Bonchev–Trinajstić information content (AvgIpc) is 2.26. The third-order valence-electron chi connectivity index (χ3n) is 3.81. The van der Waals surface area contributed by atoms with E-state index in [0.717, 1.165) is 35.7 Å². The van der Waals surface area contributed by atoms with E-state index in [9.17, 15) is 5.11 Å². The van der Waals surface area contributed by atoms with E-state index in [4.69, 9.17) is 0 Å². The number of nitrogens with zero attached hydrogens (tertiary/aromatic N) is 2. The van der Waals surface area contributed by atoms with Crippen LogP contribution in [0, 0.1) is 19.3 Å². The predicted molar refractivity (Wildman–Crippen MR) is 74.9 cm³/mol. The molecule has 3 nitrogen and oxygen atoms in total. The molecule has 18 heavy (non-hydrogen) atoms. The van der Waals surface area contributed by atoms with Crippen LogP contribution in [0.25, 0.3) is 0 Å². The van der Waals surface area contributed by atoms with E-state index in [2.05, 4.69) is 30.7 Å². The van der Waals surface area contributed by atoms with Crippen LogP contribution in [0.1, 0.15) is 43.5 Å². The highest BCUT2D eigenvalue weighted by Crippen LogP contribution is 2.33. The van der Waals surface area contributed by atoms with Crippen molar-refractivity contribution >= 4 is 5.82 Å². The van der Waals surface area contributed by atoms with E-state index in [1.54, 1.807) is 0 Å². The summed E-state index contributed by atoms with van der Waals surface area (Å²) < 4.78 is 0. The van der Waals surface area contributed by atoms with E-state index in [1.165, 1.54) is 12.8 Å². The normalized spacial score (nSPS) is 19.1. The van der Waals surface area contributed by atoms with Crippen molar-refractivity contribution in [2.75, 3.05) is 18.0 Å². The molecule has 0 atom stereocenters. The van der Waals surface area contributed by atoms with Crippen LogP contribution >= 0.6 is 0 Å². The van der Waals surface area contributed by atoms with Crippen molar-refractivity contribution in [1.29, 1.82) is 0 Å². The zero-order valence-electron chi connectivity index (χ0n) is 12.0. The van der Waals surface area contributed by atoms with Crippen LogP contribution in [0.2, 0.25) is 0 Å². The average molecular weight is 248 g/mol. The molecule has 0 saturated carbocycles. The Labute approximate surface area is 110 Å². The van der Waals surface area contributed by atoms with Gasteiger partial charge in [0, 0.05) is 24.3 Å². The number of pyridine rings is 1. The highest BCUT2D eigenvalue weighted by molar-refractivity contribution is 5.51. The zero-order chi connectivity index (χ0) is 13.3. The molecule has 0 amide bonds. The van der Waals surface area contributed by atoms with E-state index in [1.807, 2.05) is 13.0 Å². The zero-order valence-corrected chi connectivity index (χ0v) is 12.0. The second-order valence-corrected chi connectivity index (χ2v) is 6.23. The van der Waals surface area contributed by atoms with Crippen molar-refractivity contribution in [3.63, 3.8) is 0 Å². The standard InChI is InChI=1S/C15H24N2O/c1-11-8-12(2)16-14(13(11)9-18)17-7-5-6-15(3,4)10-17/h8,18H,5-7,9-10H2,1-4H3. The molecule has 1 saturated heterocycles. The third kappa shape index (κ3) is 2.66. The molecular weight excluding hydrogens is 224 g/mol. The molecule has 1 aromatic heterocycles. The number of rotatable bonds is 2. The van der Waals surface area contributed by atoms with Crippen molar-refractivity contribution in [1.82, 2.24) is 4.98 Å². The fraction of sp³-hybridized carbons (Fsp3) is 0.667. The van der Waals surface area contributed by atoms with Gasteiger partial charge >= 0.3 is 0 Å². The molecule has 2 rings (SSSR count). The first-order valence-corrected chi connectivity index (χ1v) is 6.76. The molecular formula is C15H24N2O. The van der Waals surface area contributed by atoms with Crippen molar-refractivity contribution in [2.45, 2.75) is 47.1 Å². The fourth-order valence-corrected chi connectivity index (χ4v) is 2.90.